The maximum atomic E-state index is 12.1. The van der Waals surface area contributed by atoms with Crippen LogP contribution in [0, 0.1) is 0 Å². The summed E-state index contributed by atoms with van der Waals surface area (Å²) in [6.45, 7) is -2.82. The Labute approximate surface area is 469 Å². The van der Waals surface area contributed by atoms with Crippen molar-refractivity contribution in [3.63, 3.8) is 0 Å². The van der Waals surface area contributed by atoms with Crippen LogP contribution < -0.4 is 0 Å². The zero-order valence-electron chi connectivity index (χ0n) is 45.3. The molecule has 82 heavy (non-hydrogen) atoms. The Bertz CT molecular complexity index is 1860. The normalized spacial score (nSPS) is 48.5. The van der Waals surface area contributed by atoms with Crippen LogP contribution in [0.25, 0.3) is 0 Å². The van der Waals surface area contributed by atoms with E-state index < -0.39 is 275 Å². The summed E-state index contributed by atoms with van der Waals surface area (Å²) < 4.78 is 95.9. The summed E-state index contributed by atoms with van der Waals surface area (Å²) in [7, 11) is 0. The van der Waals surface area contributed by atoms with Gasteiger partial charge in [0.2, 0.25) is 0 Å². The summed E-state index contributed by atoms with van der Waals surface area (Å²) in [6, 6.07) is 0. The van der Waals surface area contributed by atoms with Crippen molar-refractivity contribution >= 4 is 0 Å². The molecule has 12 bridgehead atoms. The van der Waals surface area contributed by atoms with Crippen molar-refractivity contribution in [2.45, 2.75) is 236 Å². The van der Waals surface area contributed by atoms with Gasteiger partial charge in [0.15, 0.2) is 37.7 Å². The number of aliphatic hydroxyl groups excluding tert-OH is 18. The van der Waals surface area contributed by atoms with E-state index in [1.54, 1.807) is 0 Å². The molecule has 4 unspecified atom stereocenters. The average molecular weight is 1210 g/mol. The molecule has 34 atom stereocenters. The topological polar surface area (TPSA) is 512 Å². The summed E-state index contributed by atoms with van der Waals surface area (Å²) in [5.41, 5.74) is 0. The van der Waals surface area contributed by atoms with Crippen LogP contribution in [0.5, 0.6) is 0 Å². The van der Waals surface area contributed by atoms with Crippen LogP contribution in [0.3, 0.4) is 0 Å². The standard InChI is InChI=1S/C48H84O34/c1-15(55)11-67-39-31(65)45-73-24(10-54)38(39)82-46-32(66)40(68-12-16(2)56)37(23(9-53)74-46)81-44-28(62)26(60)34(20(6-50)72-44)80-47-41(69-13-17(3)57)29(63)35(21(7-51)75-47)77-43-27(61)25(59)33(19(5-49)71-43)79-48-42(70-14-18(4)58)30(64)36(78-45)22(8-52)76-48/h15-66H,5-14H2,1-4H3/t15?,16?,17?,18?,19-,20-,21-,22-,23-,24-,25-,26-,27-,28-,29+,30+,31-,32-,33-,34-,35-,36-,37-,38-,39-,40-,41-,42-,43-,44-,45-,46-,47-,48-/m1/s1. The maximum Gasteiger partial charge on any atom is 0.187 e. The van der Waals surface area contributed by atoms with Crippen LogP contribution in [-0.4, -0.2) is 367 Å². The van der Waals surface area contributed by atoms with Crippen molar-refractivity contribution in [3.05, 3.63) is 0 Å². The van der Waals surface area contributed by atoms with Gasteiger partial charge < -0.3 is 168 Å². The first-order valence-electron chi connectivity index (χ1n) is 27.1. The summed E-state index contributed by atoms with van der Waals surface area (Å²) in [5, 5.41) is 200. The van der Waals surface area contributed by atoms with Gasteiger partial charge >= 0.3 is 0 Å². The first-order chi connectivity index (χ1) is 39.0. The van der Waals surface area contributed by atoms with E-state index in [1.807, 2.05) is 0 Å². The number of hydrogen-bond donors (Lipinski definition) is 18. The minimum Gasteiger partial charge on any atom is -0.394 e. The second kappa shape index (κ2) is 30.7. The van der Waals surface area contributed by atoms with Crippen molar-refractivity contribution in [1.29, 1.82) is 0 Å². The lowest BCUT2D eigenvalue weighted by molar-refractivity contribution is -0.408. The molecule has 22 aliphatic rings. The van der Waals surface area contributed by atoms with Crippen LogP contribution in [-0.2, 0) is 75.8 Å². The van der Waals surface area contributed by atoms with Gasteiger partial charge in [-0.05, 0) is 27.7 Å². The Morgan fingerprint density at radius 1 is 0.256 bits per heavy atom. The molecule has 480 valence electrons. The van der Waals surface area contributed by atoms with Gasteiger partial charge in [-0.2, -0.15) is 0 Å². The summed E-state index contributed by atoms with van der Waals surface area (Å²) in [4.78, 5) is 0. The summed E-state index contributed by atoms with van der Waals surface area (Å²) in [6.07, 6.45) is -61.1. The monoisotopic (exact) mass is 1200 g/mol. The summed E-state index contributed by atoms with van der Waals surface area (Å²) in [5.74, 6) is 0. The Morgan fingerprint density at radius 3 is 0.732 bits per heavy atom. The Morgan fingerprint density at radius 2 is 0.463 bits per heavy atom. The largest absolute Gasteiger partial charge is 0.394 e. The summed E-state index contributed by atoms with van der Waals surface area (Å²) >= 11 is 0. The first kappa shape index (κ1) is 68.1. The molecule has 0 saturated carbocycles. The van der Waals surface area contributed by atoms with Gasteiger partial charge in [-0.3, -0.25) is 0 Å². The van der Waals surface area contributed by atoms with E-state index in [2.05, 4.69) is 0 Å². The van der Waals surface area contributed by atoms with Crippen LogP contribution in [0.2, 0.25) is 0 Å². The van der Waals surface area contributed by atoms with Crippen molar-refractivity contribution in [1.82, 2.24) is 0 Å². The third-order valence-electron chi connectivity index (χ3n) is 14.7. The van der Waals surface area contributed by atoms with E-state index >= 15 is 0 Å². The maximum absolute atomic E-state index is 12.1. The Balaban J connectivity index is 1.29. The van der Waals surface area contributed by atoms with E-state index in [-0.39, 0.29) is 0 Å². The Hall–Kier alpha value is -1.36. The molecule has 0 aromatic heterocycles. The quantitative estimate of drug-likeness (QED) is 0.0606. The number of rotatable bonds is 18. The van der Waals surface area contributed by atoms with Crippen molar-refractivity contribution in [3.8, 4) is 0 Å². The van der Waals surface area contributed by atoms with Crippen molar-refractivity contribution in [2.75, 3.05) is 66.1 Å². The van der Waals surface area contributed by atoms with Gasteiger partial charge in [-0.15, -0.1) is 0 Å². The second-order valence-corrected chi connectivity index (χ2v) is 21.5. The number of ether oxygens (including phenoxy) is 16. The average Bonchev–Trinajstić information content (AvgIpc) is 2.65. The van der Waals surface area contributed by atoms with Crippen molar-refractivity contribution in [2.24, 2.45) is 0 Å². The van der Waals surface area contributed by atoms with Gasteiger partial charge in [0.1, 0.15) is 146 Å². The van der Waals surface area contributed by atoms with E-state index in [9.17, 15) is 91.9 Å². The SMILES string of the molecule is CC(O)CO[C@@H]1[C@@H](O)[C@H]2O[C@H]3[C@H](OCC(C)O)[C@@H](O)[C@@H](O[C@H]4[C@H](O)[C@@H](OCC(C)O)[C@@H](O[C@H]5[C@H](O)[C@@H](O)[C@@H](O[C@H]6[C@H](O)[C@@H](OCC(C)O)[C@@H](O[C@H]7[C@H](O)[C@@H](O)[C@@H](O[C@@H]1[C@@H](CO)O2)O[C@@H]7CO)O[C@@H]6CO)O[C@@H]5CO)O[C@@H]4CO)O[C@@H]3CO. The predicted molar refractivity (Wildman–Crippen MR) is 257 cm³/mol. The lowest BCUT2D eigenvalue weighted by Gasteiger charge is -2.51. The fraction of sp³-hybridized carbons (Fsp3) is 1.00. The molecule has 22 fully saturated rings. The van der Waals surface area contributed by atoms with Crippen LogP contribution in [0.15, 0.2) is 0 Å². The van der Waals surface area contributed by atoms with Crippen LogP contribution in [0.1, 0.15) is 27.7 Å². The van der Waals surface area contributed by atoms with Crippen LogP contribution >= 0.6 is 0 Å². The van der Waals surface area contributed by atoms with E-state index in [0.717, 1.165) is 0 Å². The number of hydrogen-bond acceptors (Lipinski definition) is 34. The molecule has 22 heterocycles. The van der Waals surface area contributed by atoms with E-state index in [0.29, 0.717) is 0 Å². The minimum absolute atomic E-state index is 0.529. The first-order valence-corrected chi connectivity index (χ1v) is 27.1. The molecule has 22 aliphatic heterocycles. The predicted octanol–water partition coefficient (Wildman–Crippen LogP) is -11.4. The number of aliphatic hydroxyl groups is 18. The van der Waals surface area contributed by atoms with Gasteiger partial charge in [-0.1, -0.05) is 0 Å². The van der Waals surface area contributed by atoms with Gasteiger partial charge in [0.05, 0.1) is 90.5 Å². The van der Waals surface area contributed by atoms with E-state index in [1.165, 1.54) is 27.7 Å². The molecular formula is C48H84O34. The molecule has 18 N–H and O–H groups in total. The van der Waals surface area contributed by atoms with Crippen LogP contribution in [0.4, 0.5) is 0 Å². The smallest absolute Gasteiger partial charge is 0.187 e. The highest BCUT2D eigenvalue weighted by atomic mass is 16.8. The highest BCUT2D eigenvalue weighted by molar-refractivity contribution is 5.02. The zero-order valence-corrected chi connectivity index (χ0v) is 45.3. The molecule has 0 aliphatic carbocycles. The van der Waals surface area contributed by atoms with E-state index in [4.69, 9.17) is 75.8 Å². The van der Waals surface area contributed by atoms with Gasteiger partial charge in [-0.25, -0.2) is 0 Å². The molecule has 0 aromatic carbocycles. The highest BCUT2D eigenvalue weighted by Gasteiger charge is 2.60. The molecule has 0 aromatic rings. The third-order valence-corrected chi connectivity index (χ3v) is 14.7. The fourth-order valence-electron chi connectivity index (χ4n) is 10.6. The molecule has 22 rings (SSSR count). The molecule has 22 saturated heterocycles. The zero-order chi connectivity index (χ0) is 60.0. The molecule has 34 nitrogen and oxygen atoms in total. The molecule has 0 spiro atoms. The lowest BCUT2D eigenvalue weighted by atomic mass is 9.94. The fourth-order valence-corrected chi connectivity index (χ4v) is 10.6. The molecule has 0 amide bonds. The molecule has 34 heteroatoms. The lowest BCUT2D eigenvalue weighted by Crippen LogP contribution is -2.69. The second-order valence-electron chi connectivity index (χ2n) is 21.5. The molecular weight excluding hydrogens is 1120 g/mol. The third kappa shape index (κ3) is 15.5. The minimum atomic E-state index is -2.17. The molecule has 0 radical (unpaired) electrons. The highest BCUT2D eigenvalue weighted by Crippen LogP contribution is 2.40. The van der Waals surface area contributed by atoms with Gasteiger partial charge in [0.25, 0.3) is 0 Å². The Kier molecular flexibility index (Phi) is 25.5. The van der Waals surface area contributed by atoms with Crippen molar-refractivity contribution < 1.29 is 168 Å². The van der Waals surface area contributed by atoms with Gasteiger partial charge in [0, 0.05) is 0 Å².